The second-order valence-electron chi connectivity index (χ2n) is 10.2. The molecule has 4 heteroatoms. The lowest BCUT2D eigenvalue weighted by Gasteiger charge is -2.34. The van der Waals surface area contributed by atoms with Crippen LogP contribution in [0.1, 0.15) is 57.1 Å². The third kappa shape index (κ3) is 5.35. The SMILES string of the molecule is Cc1cccc(C2(C(=O)Nc3ccc(OCCN4C[C@@H](C)C[C@H](C)C4)cc3)CCCC2)c1. The van der Waals surface area contributed by atoms with Crippen LogP contribution in [0.25, 0.3) is 0 Å². The molecule has 1 saturated heterocycles. The summed E-state index contributed by atoms with van der Waals surface area (Å²) in [6.45, 7) is 10.8. The van der Waals surface area contributed by atoms with E-state index in [0.29, 0.717) is 6.61 Å². The molecule has 0 spiro atoms. The largest absolute Gasteiger partial charge is 0.492 e. The Morgan fingerprint density at radius 3 is 2.41 bits per heavy atom. The predicted molar refractivity (Wildman–Crippen MR) is 131 cm³/mol. The van der Waals surface area contributed by atoms with Gasteiger partial charge >= 0.3 is 0 Å². The van der Waals surface area contributed by atoms with Crippen LogP contribution in [-0.4, -0.2) is 37.0 Å². The minimum absolute atomic E-state index is 0.114. The van der Waals surface area contributed by atoms with Crippen LogP contribution in [0.2, 0.25) is 0 Å². The number of nitrogens with one attached hydrogen (secondary N) is 1. The fourth-order valence-electron chi connectivity index (χ4n) is 5.72. The molecule has 172 valence electrons. The molecule has 2 aliphatic rings. The zero-order valence-corrected chi connectivity index (χ0v) is 19.9. The maximum absolute atomic E-state index is 13.4. The summed E-state index contributed by atoms with van der Waals surface area (Å²) in [6.07, 6.45) is 5.36. The highest BCUT2D eigenvalue weighted by atomic mass is 16.5. The normalized spacial score (nSPS) is 23.1. The number of likely N-dealkylation sites (tertiary alicyclic amines) is 1. The lowest BCUT2D eigenvalue weighted by molar-refractivity contribution is -0.121. The van der Waals surface area contributed by atoms with Crippen LogP contribution in [-0.2, 0) is 10.2 Å². The van der Waals surface area contributed by atoms with Crippen LogP contribution in [0, 0.1) is 18.8 Å². The molecule has 1 aliphatic carbocycles. The summed E-state index contributed by atoms with van der Waals surface area (Å²) in [4.78, 5) is 15.9. The molecular formula is C28H38N2O2. The van der Waals surface area contributed by atoms with Gasteiger partial charge in [-0.05, 0) is 67.9 Å². The van der Waals surface area contributed by atoms with Crippen molar-refractivity contribution >= 4 is 11.6 Å². The lowest BCUT2D eigenvalue weighted by Crippen LogP contribution is -2.40. The lowest BCUT2D eigenvalue weighted by atomic mass is 9.77. The number of piperidine rings is 1. The van der Waals surface area contributed by atoms with Crippen molar-refractivity contribution < 1.29 is 9.53 Å². The van der Waals surface area contributed by atoms with Gasteiger partial charge in [0.15, 0.2) is 0 Å². The summed E-state index contributed by atoms with van der Waals surface area (Å²) in [6, 6.07) is 16.3. The van der Waals surface area contributed by atoms with Crippen molar-refractivity contribution in [1.29, 1.82) is 0 Å². The summed E-state index contributed by atoms with van der Waals surface area (Å²) in [5.41, 5.74) is 2.77. The summed E-state index contributed by atoms with van der Waals surface area (Å²) in [5, 5.41) is 3.18. The van der Waals surface area contributed by atoms with Crippen molar-refractivity contribution in [3.8, 4) is 5.75 Å². The Balaban J connectivity index is 1.33. The molecule has 32 heavy (non-hydrogen) atoms. The minimum Gasteiger partial charge on any atom is -0.492 e. The van der Waals surface area contributed by atoms with Gasteiger partial charge in [-0.1, -0.05) is 56.5 Å². The maximum Gasteiger partial charge on any atom is 0.235 e. The van der Waals surface area contributed by atoms with Crippen LogP contribution in [0.4, 0.5) is 5.69 Å². The molecule has 0 bridgehead atoms. The monoisotopic (exact) mass is 434 g/mol. The van der Waals surface area contributed by atoms with Gasteiger partial charge in [0.1, 0.15) is 12.4 Å². The number of rotatable bonds is 7. The van der Waals surface area contributed by atoms with E-state index in [9.17, 15) is 4.79 Å². The van der Waals surface area contributed by atoms with E-state index in [2.05, 4.69) is 55.3 Å². The fourth-order valence-corrected chi connectivity index (χ4v) is 5.72. The zero-order valence-electron chi connectivity index (χ0n) is 19.9. The number of nitrogens with zero attached hydrogens (tertiary/aromatic N) is 1. The topological polar surface area (TPSA) is 41.6 Å². The van der Waals surface area contributed by atoms with E-state index in [1.54, 1.807) is 0 Å². The van der Waals surface area contributed by atoms with Gasteiger partial charge in [0.25, 0.3) is 0 Å². The fraction of sp³-hybridized carbons (Fsp3) is 0.536. The Kier molecular flexibility index (Phi) is 7.20. The van der Waals surface area contributed by atoms with Gasteiger partial charge in [0.2, 0.25) is 5.91 Å². The number of benzene rings is 2. The van der Waals surface area contributed by atoms with Crippen molar-refractivity contribution in [1.82, 2.24) is 4.90 Å². The Hall–Kier alpha value is -2.33. The Bertz CT molecular complexity index is 892. The zero-order chi connectivity index (χ0) is 22.6. The van der Waals surface area contributed by atoms with E-state index in [1.165, 1.54) is 25.1 Å². The van der Waals surface area contributed by atoms with E-state index in [1.807, 2.05) is 24.3 Å². The average Bonchev–Trinajstić information content (AvgIpc) is 3.26. The summed E-state index contributed by atoms with van der Waals surface area (Å²) >= 11 is 0. The van der Waals surface area contributed by atoms with Crippen molar-refractivity contribution in [2.45, 2.75) is 58.3 Å². The molecule has 2 aromatic carbocycles. The number of carbonyl (C=O) groups excluding carboxylic acids is 1. The van der Waals surface area contributed by atoms with E-state index in [0.717, 1.165) is 61.1 Å². The second-order valence-corrected chi connectivity index (χ2v) is 10.2. The summed E-state index contributed by atoms with van der Waals surface area (Å²) < 4.78 is 5.99. The third-order valence-electron chi connectivity index (χ3n) is 7.20. The Morgan fingerprint density at radius 2 is 1.75 bits per heavy atom. The van der Waals surface area contributed by atoms with Gasteiger partial charge in [-0.15, -0.1) is 0 Å². The molecule has 1 N–H and O–H groups in total. The molecule has 1 saturated carbocycles. The second kappa shape index (κ2) is 10.1. The van der Waals surface area contributed by atoms with Crippen LogP contribution < -0.4 is 10.1 Å². The van der Waals surface area contributed by atoms with Gasteiger partial charge in [0.05, 0.1) is 5.41 Å². The number of ether oxygens (including phenoxy) is 1. The molecule has 2 atom stereocenters. The molecule has 2 fully saturated rings. The number of hydrogen-bond acceptors (Lipinski definition) is 3. The first-order valence-electron chi connectivity index (χ1n) is 12.3. The predicted octanol–water partition coefficient (Wildman–Crippen LogP) is 5.80. The van der Waals surface area contributed by atoms with Crippen molar-refractivity contribution in [3.63, 3.8) is 0 Å². The van der Waals surface area contributed by atoms with Crippen molar-refractivity contribution in [2.75, 3.05) is 31.6 Å². The Labute approximate surface area is 193 Å². The summed E-state index contributed by atoms with van der Waals surface area (Å²) in [5.74, 6) is 2.51. The molecule has 0 unspecified atom stereocenters. The highest BCUT2D eigenvalue weighted by molar-refractivity contribution is 5.99. The smallest absolute Gasteiger partial charge is 0.235 e. The number of aryl methyl sites for hydroxylation is 1. The number of amides is 1. The average molecular weight is 435 g/mol. The molecule has 1 aliphatic heterocycles. The van der Waals surface area contributed by atoms with Crippen LogP contribution in [0.5, 0.6) is 5.75 Å². The van der Waals surface area contributed by atoms with Crippen LogP contribution in [0.3, 0.4) is 0 Å². The van der Waals surface area contributed by atoms with E-state index >= 15 is 0 Å². The highest BCUT2D eigenvalue weighted by Crippen LogP contribution is 2.42. The van der Waals surface area contributed by atoms with Crippen molar-refractivity contribution in [2.24, 2.45) is 11.8 Å². The molecule has 2 aromatic rings. The van der Waals surface area contributed by atoms with Gasteiger partial charge in [-0.3, -0.25) is 9.69 Å². The number of hydrogen-bond donors (Lipinski definition) is 1. The highest BCUT2D eigenvalue weighted by Gasteiger charge is 2.42. The number of anilines is 1. The molecular weight excluding hydrogens is 396 g/mol. The third-order valence-corrected chi connectivity index (χ3v) is 7.20. The molecule has 1 amide bonds. The first-order valence-corrected chi connectivity index (χ1v) is 12.3. The molecule has 0 radical (unpaired) electrons. The van der Waals surface area contributed by atoms with E-state index < -0.39 is 5.41 Å². The quantitative estimate of drug-likeness (QED) is 0.599. The first-order chi connectivity index (χ1) is 15.4. The maximum atomic E-state index is 13.4. The van der Waals surface area contributed by atoms with Gasteiger partial charge in [0, 0.05) is 25.3 Å². The minimum atomic E-state index is -0.413. The van der Waals surface area contributed by atoms with E-state index in [-0.39, 0.29) is 5.91 Å². The number of carbonyl (C=O) groups is 1. The first kappa shape index (κ1) is 22.8. The Morgan fingerprint density at radius 1 is 1.06 bits per heavy atom. The van der Waals surface area contributed by atoms with Gasteiger partial charge < -0.3 is 10.1 Å². The van der Waals surface area contributed by atoms with Crippen molar-refractivity contribution in [3.05, 3.63) is 59.7 Å². The standard InChI is InChI=1S/C28H38N2O2/c1-21-7-6-8-24(18-21)28(13-4-5-14-28)27(31)29-25-9-11-26(12-10-25)32-16-15-30-19-22(2)17-23(3)20-30/h6-12,18,22-23H,4-5,13-17,19-20H2,1-3H3,(H,29,31)/t22-,23-/m0/s1. The molecule has 1 heterocycles. The molecule has 0 aromatic heterocycles. The van der Waals surface area contributed by atoms with Crippen LogP contribution >= 0.6 is 0 Å². The molecule has 4 rings (SSSR count). The van der Waals surface area contributed by atoms with E-state index in [4.69, 9.17) is 4.74 Å². The van der Waals surface area contributed by atoms with Gasteiger partial charge in [-0.2, -0.15) is 0 Å². The summed E-state index contributed by atoms with van der Waals surface area (Å²) in [7, 11) is 0. The van der Waals surface area contributed by atoms with Gasteiger partial charge in [-0.25, -0.2) is 0 Å². The molecule has 4 nitrogen and oxygen atoms in total. The van der Waals surface area contributed by atoms with Crippen LogP contribution in [0.15, 0.2) is 48.5 Å².